The lowest BCUT2D eigenvalue weighted by Gasteiger charge is -2.03. The van der Waals surface area contributed by atoms with Crippen LogP contribution in [-0.4, -0.2) is 15.7 Å². The molecule has 0 saturated heterocycles. The highest BCUT2D eigenvalue weighted by Crippen LogP contribution is 2.14. The van der Waals surface area contributed by atoms with E-state index in [1.54, 1.807) is 24.3 Å². The summed E-state index contributed by atoms with van der Waals surface area (Å²) in [5, 5.41) is 31.8. The van der Waals surface area contributed by atoms with Gasteiger partial charge in [0.1, 0.15) is 5.84 Å². The average molecular weight is 312 g/mol. The Balaban J connectivity index is 2.02. The molecule has 2 aromatic rings. The molecule has 0 atom stereocenters. The Morgan fingerprint density at radius 3 is 2.26 bits per heavy atom. The zero-order valence-corrected chi connectivity index (χ0v) is 11.8. The molecule has 0 saturated carbocycles. The van der Waals surface area contributed by atoms with Crippen LogP contribution in [0.1, 0.15) is 11.1 Å². The lowest BCUT2D eigenvalue weighted by Crippen LogP contribution is -2.17. The molecule has 2 N–H and O–H groups in total. The number of rotatable bonds is 5. The fraction of sp³-hybridized carbons (Fsp3) is 0. The van der Waals surface area contributed by atoms with Crippen molar-refractivity contribution in [3.05, 3.63) is 86.1 Å². The Hall–Kier alpha value is -3.55. The quantitative estimate of drug-likeness (QED) is 0.380. The molecule has 116 valence electrons. The number of amidine groups is 1. The van der Waals surface area contributed by atoms with Crippen molar-refractivity contribution in [2.45, 2.75) is 0 Å². The first-order valence-corrected chi connectivity index (χ1v) is 6.48. The number of nitro groups is 2. The van der Waals surface area contributed by atoms with Crippen LogP contribution in [0.15, 0.2) is 54.7 Å². The van der Waals surface area contributed by atoms with Crippen molar-refractivity contribution in [3.8, 4) is 0 Å². The number of nitro benzene ring substituents is 2. The van der Waals surface area contributed by atoms with Gasteiger partial charge in [0.25, 0.3) is 11.4 Å². The standard InChI is InChI=1S/C15H12N4O4/c16-15(12-2-1-3-14(10-12)19(22)23)17-9-8-11-4-6-13(7-5-11)18(20)21/h1-10H,(H2,16,17). The summed E-state index contributed by atoms with van der Waals surface area (Å²) in [6.45, 7) is 0. The summed E-state index contributed by atoms with van der Waals surface area (Å²) in [7, 11) is 0. The minimum atomic E-state index is -0.524. The minimum Gasteiger partial charge on any atom is -0.347 e. The molecule has 0 unspecified atom stereocenters. The molecule has 0 spiro atoms. The monoisotopic (exact) mass is 312 g/mol. The second-order valence-corrected chi connectivity index (χ2v) is 4.51. The Labute approximate surface area is 130 Å². The van der Waals surface area contributed by atoms with Crippen molar-refractivity contribution < 1.29 is 9.85 Å². The molecular formula is C15H12N4O4. The zero-order valence-electron chi connectivity index (χ0n) is 11.8. The number of nitrogens with one attached hydrogen (secondary N) is 2. The maximum Gasteiger partial charge on any atom is 0.270 e. The fourth-order valence-electron chi connectivity index (χ4n) is 1.79. The highest BCUT2D eigenvalue weighted by atomic mass is 16.6. The van der Waals surface area contributed by atoms with Crippen LogP contribution in [-0.2, 0) is 0 Å². The van der Waals surface area contributed by atoms with Gasteiger partial charge in [-0.2, -0.15) is 0 Å². The summed E-state index contributed by atoms with van der Waals surface area (Å²) >= 11 is 0. The van der Waals surface area contributed by atoms with Gasteiger partial charge >= 0.3 is 0 Å². The molecule has 8 nitrogen and oxygen atoms in total. The van der Waals surface area contributed by atoms with E-state index in [1.807, 2.05) is 0 Å². The van der Waals surface area contributed by atoms with Crippen molar-refractivity contribution in [1.29, 1.82) is 5.41 Å². The third-order valence-electron chi connectivity index (χ3n) is 2.95. The Kier molecular flexibility index (Phi) is 4.78. The van der Waals surface area contributed by atoms with Gasteiger partial charge in [-0.05, 0) is 23.8 Å². The second-order valence-electron chi connectivity index (χ2n) is 4.51. The van der Waals surface area contributed by atoms with Crippen molar-refractivity contribution >= 4 is 23.3 Å². The van der Waals surface area contributed by atoms with E-state index in [4.69, 9.17) is 5.41 Å². The van der Waals surface area contributed by atoms with Crippen LogP contribution >= 0.6 is 0 Å². The normalized spacial score (nSPS) is 10.4. The predicted octanol–water partition coefficient (Wildman–Crippen LogP) is 3.09. The first-order chi connectivity index (χ1) is 11.0. The minimum absolute atomic E-state index is 0.000512. The molecule has 0 bridgehead atoms. The van der Waals surface area contributed by atoms with Gasteiger partial charge in [-0.3, -0.25) is 25.6 Å². The summed E-state index contributed by atoms with van der Waals surface area (Å²) in [5.41, 5.74) is 1.01. The topological polar surface area (TPSA) is 122 Å². The lowest BCUT2D eigenvalue weighted by molar-refractivity contribution is -0.385. The number of benzene rings is 2. The molecule has 0 aliphatic rings. The van der Waals surface area contributed by atoms with Gasteiger partial charge in [-0.25, -0.2) is 0 Å². The van der Waals surface area contributed by atoms with Gasteiger partial charge in [-0.1, -0.05) is 12.1 Å². The van der Waals surface area contributed by atoms with Crippen LogP contribution in [0.3, 0.4) is 0 Å². The summed E-state index contributed by atoms with van der Waals surface area (Å²) < 4.78 is 0. The Morgan fingerprint density at radius 2 is 1.65 bits per heavy atom. The second kappa shape index (κ2) is 6.94. The van der Waals surface area contributed by atoms with Crippen molar-refractivity contribution in [2.24, 2.45) is 0 Å². The van der Waals surface area contributed by atoms with E-state index in [1.165, 1.54) is 36.5 Å². The van der Waals surface area contributed by atoms with Crippen LogP contribution < -0.4 is 5.32 Å². The molecule has 0 amide bonds. The summed E-state index contributed by atoms with van der Waals surface area (Å²) in [6.07, 6.45) is 3.12. The molecule has 8 heteroatoms. The van der Waals surface area contributed by atoms with Gasteiger partial charge in [0.05, 0.1) is 9.85 Å². The van der Waals surface area contributed by atoms with Gasteiger partial charge in [0.2, 0.25) is 0 Å². The molecular weight excluding hydrogens is 300 g/mol. The maximum absolute atomic E-state index is 10.7. The van der Waals surface area contributed by atoms with Gasteiger partial charge in [-0.15, -0.1) is 0 Å². The molecule has 23 heavy (non-hydrogen) atoms. The first-order valence-electron chi connectivity index (χ1n) is 6.48. The van der Waals surface area contributed by atoms with Gasteiger partial charge in [0.15, 0.2) is 0 Å². The molecule has 2 rings (SSSR count). The lowest BCUT2D eigenvalue weighted by atomic mass is 10.2. The van der Waals surface area contributed by atoms with E-state index in [0.29, 0.717) is 5.56 Å². The number of hydrogen-bond donors (Lipinski definition) is 2. The van der Waals surface area contributed by atoms with Gasteiger partial charge in [0, 0.05) is 36.0 Å². The zero-order chi connectivity index (χ0) is 16.8. The summed E-state index contributed by atoms with van der Waals surface area (Å²) in [4.78, 5) is 20.2. The van der Waals surface area contributed by atoms with Crippen LogP contribution in [0.5, 0.6) is 0 Å². The molecule has 0 heterocycles. The molecule has 2 aromatic carbocycles. The third kappa shape index (κ3) is 4.21. The first kappa shape index (κ1) is 15.8. The number of hydrogen-bond acceptors (Lipinski definition) is 5. The average Bonchev–Trinajstić information content (AvgIpc) is 2.55. The largest absolute Gasteiger partial charge is 0.347 e. The maximum atomic E-state index is 10.7. The third-order valence-corrected chi connectivity index (χ3v) is 2.95. The fourth-order valence-corrected chi connectivity index (χ4v) is 1.79. The van der Waals surface area contributed by atoms with E-state index in [0.717, 1.165) is 5.56 Å². The van der Waals surface area contributed by atoms with Crippen LogP contribution in [0.2, 0.25) is 0 Å². The van der Waals surface area contributed by atoms with E-state index in [9.17, 15) is 20.2 Å². The van der Waals surface area contributed by atoms with Crippen LogP contribution in [0, 0.1) is 25.6 Å². The highest BCUT2D eigenvalue weighted by molar-refractivity contribution is 5.97. The van der Waals surface area contributed by atoms with Crippen molar-refractivity contribution in [3.63, 3.8) is 0 Å². The highest BCUT2D eigenvalue weighted by Gasteiger charge is 2.08. The van der Waals surface area contributed by atoms with E-state index >= 15 is 0 Å². The summed E-state index contributed by atoms with van der Waals surface area (Å²) in [5.74, 6) is 0.00635. The molecule has 0 fully saturated rings. The van der Waals surface area contributed by atoms with Crippen LogP contribution in [0.4, 0.5) is 11.4 Å². The van der Waals surface area contributed by atoms with Crippen LogP contribution in [0.25, 0.3) is 6.08 Å². The Morgan fingerprint density at radius 1 is 1.00 bits per heavy atom. The number of nitrogens with zero attached hydrogens (tertiary/aromatic N) is 2. The van der Waals surface area contributed by atoms with E-state index in [-0.39, 0.29) is 17.2 Å². The molecule has 0 aromatic heterocycles. The molecule has 0 aliphatic carbocycles. The van der Waals surface area contributed by atoms with Gasteiger partial charge < -0.3 is 5.32 Å². The van der Waals surface area contributed by atoms with E-state index < -0.39 is 9.85 Å². The van der Waals surface area contributed by atoms with Crippen molar-refractivity contribution in [1.82, 2.24) is 5.32 Å². The van der Waals surface area contributed by atoms with Crippen molar-refractivity contribution in [2.75, 3.05) is 0 Å². The predicted molar refractivity (Wildman–Crippen MR) is 85.2 cm³/mol. The van der Waals surface area contributed by atoms with E-state index in [2.05, 4.69) is 5.32 Å². The number of non-ortho nitro benzene ring substituents is 2. The smallest absolute Gasteiger partial charge is 0.270 e. The summed E-state index contributed by atoms with van der Waals surface area (Å²) in [6, 6.07) is 11.7. The SMILES string of the molecule is N=C(NC=Cc1ccc([N+](=O)[O-])cc1)c1cccc([N+](=O)[O-])c1. The molecule has 0 radical (unpaired) electrons. The Bertz CT molecular complexity index is 784. The molecule has 0 aliphatic heterocycles.